The minimum atomic E-state index is -0.551. The SMILES string of the molecule is CC.Cc1c(NC(=O)OCCN2CCOCC2)cn2ncc(C#N)c(NC3=CC=C(Oc4cccc5c4OC(C)C5=O)CCC3)c12. The van der Waals surface area contributed by atoms with Crippen LogP contribution in [-0.2, 0) is 9.47 Å². The van der Waals surface area contributed by atoms with E-state index in [1.807, 2.05) is 32.9 Å². The van der Waals surface area contributed by atoms with Crippen molar-refractivity contribution in [1.82, 2.24) is 14.5 Å². The van der Waals surface area contributed by atoms with Crippen molar-refractivity contribution in [3.8, 4) is 17.6 Å². The maximum atomic E-state index is 12.6. The van der Waals surface area contributed by atoms with Crippen molar-refractivity contribution in [1.29, 1.82) is 5.26 Å². The van der Waals surface area contributed by atoms with Gasteiger partial charge in [0, 0.05) is 37.3 Å². The maximum Gasteiger partial charge on any atom is 0.411 e. The van der Waals surface area contributed by atoms with E-state index in [1.54, 1.807) is 35.8 Å². The zero-order valence-electron chi connectivity index (χ0n) is 26.7. The molecule has 0 saturated carbocycles. The van der Waals surface area contributed by atoms with E-state index in [1.165, 1.54) is 6.20 Å². The molecule has 6 rings (SSSR count). The van der Waals surface area contributed by atoms with Gasteiger partial charge in [-0.05, 0) is 51.0 Å². The van der Waals surface area contributed by atoms with Gasteiger partial charge in [-0.25, -0.2) is 9.31 Å². The lowest BCUT2D eigenvalue weighted by atomic mass is 10.1. The number of ketones is 1. The van der Waals surface area contributed by atoms with Gasteiger partial charge in [0.15, 0.2) is 17.6 Å². The zero-order valence-corrected chi connectivity index (χ0v) is 26.7. The number of nitriles is 1. The predicted octanol–water partition coefficient (Wildman–Crippen LogP) is 5.83. The number of hydrogen-bond acceptors (Lipinski definition) is 10. The lowest BCUT2D eigenvalue weighted by Gasteiger charge is -2.26. The molecule has 2 aliphatic heterocycles. The van der Waals surface area contributed by atoms with Crippen LogP contribution < -0.4 is 20.1 Å². The number of carbonyl (C=O) groups excluding carboxylic acids is 2. The molecule has 0 spiro atoms. The Hall–Kier alpha value is -4.86. The van der Waals surface area contributed by atoms with E-state index in [2.05, 4.69) is 26.7 Å². The quantitative estimate of drug-likeness (QED) is 0.313. The standard InChI is InChI=1S/C32H34N6O6.C2H6/c1-20-26(36-32(40)42-16-13-37-11-14-41-15-12-37)19-38-29(20)28(22(17-33)18-34-38)35-23-5-3-6-24(10-9-23)44-27-8-4-7-25-30(39)21(2)43-31(25)27;1-2/h4,7-10,18-19,21,35H,3,5-6,11-16H2,1-2H3,(H,36,40);1-2H3. The summed E-state index contributed by atoms with van der Waals surface area (Å²) in [5.74, 6) is 1.68. The number of ether oxygens (including phenoxy) is 4. The molecule has 1 fully saturated rings. The minimum absolute atomic E-state index is 0.0525. The molecular formula is C34H40N6O6. The van der Waals surface area contributed by atoms with Crippen molar-refractivity contribution >= 4 is 28.8 Å². The number of morpholine rings is 1. The van der Waals surface area contributed by atoms with E-state index >= 15 is 0 Å². The van der Waals surface area contributed by atoms with Crippen molar-refractivity contribution in [2.45, 2.75) is 53.1 Å². The molecule has 1 aliphatic carbocycles. The lowest BCUT2D eigenvalue weighted by molar-refractivity contribution is 0.0290. The Bertz CT molecular complexity index is 1700. The van der Waals surface area contributed by atoms with Crippen LogP contribution >= 0.6 is 0 Å². The number of nitrogens with one attached hydrogen (secondary N) is 2. The molecule has 1 unspecified atom stereocenters. The Labute approximate surface area is 268 Å². The highest BCUT2D eigenvalue weighted by Crippen LogP contribution is 2.39. The van der Waals surface area contributed by atoms with Crippen LogP contribution in [0, 0.1) is 18.3 Å². The van der Waals surface area contributed by atoms with Gasteiger partial charge in [0.2, 0.25) is 5.78 Å². The summed E-state index contributed by atoms with van der Waals surface area (Å²) in [6.07, 6.45) is 8.13. The van der Waals surface area contributed by atoms with Crippen molar-refractivity contribution in [2.24, 2.45) is 0 Å². The average molecular weight is 629 g/mol. The number of para-hydroxylation sites is 1. The van der Waals surface area contributed by atoms with Crippen LogP contribution in [-0.4, -0.2) is 71.9 Å². The smallest absolute Gasteiger partial charge is 0.411 e. The number of anilines is 2. The third kappa shape index (κ3) is 7.17. The van der Waals surface area contributed by atoms with Crippen LogP contribution in [0.3, 0.4) is 0 Å². The minimum Gasteiger partial charge on any atom is -0.478 e. The normalized spacial score (nSPS) is 17.7. The van der Waals surface area contributed by atoms with Gasteiger partial charge in [0.1, 0.15) is 18.4 Å². The first-order chi connectivity index (χ1) is 22.4. The number of Topliss-reactive ketones (excluding diaryl/α,β-unsaturated/α-hetero) is 1. The van der Waals surface area contributed by atoms with Gasteiger partial charge in [-0.3, -0.25) is 15.0 Å². The third-order valence-corrected chi connectivity index (χ3v) is 7.93. The van der Waals surface area contributed by atoms with Crippen LogP contribution in [0.2, 0.25) is 0 Å². The number of nitrogens with zero attached hydrogens (tertiary/aromatic N) is 4. The molecule has 3 aliphatic rings. The van der Waals surface area contributed by atoms with Crippen molar-refractivity contribution in [3.05, 3.63) is 70.9 Å². The summed E-state index contributed by atoms with van der Waals surface area (Å²) in [5.41, 5.74) is 4.36. The second-order valence-electron chi connectivity index (χ2n) is 10.9. The molecule has 0 radical (unpaired) electrons. The maximum absolute atomic E-state index is 12.6. The summed E-state index contributed by atoms with van der Waals surface area (Å²) in [7, 11) is 0. The Morgan fingerprint density at radius 1 is 1.20 bits per heavy atom. The molecule has 2 aromatic heterocycles. The van der Waals surface area contributed by atoms with Crippen molar-refractivity contribution in [2.75, 3.05) is 50.1 Å². The van der Waals surface area contributed by atoms with E-state index in [0.717, 1.165) is 36.5 Å². The van der Waals surface area contributed by atoms with Crippen LogP contribution in [0.25, 0.3) is 5.52 Å². The molecule has 46 heavy (non-hydrogen) atoms. The van der Waals surface area contributed by atoms with Gasteiger partial charge in [0.25, 0.3) is 0 Å². The van der Waals surface area contributed by atoms with Crippen molar-refractivity contribution in [3.63, 3.8) is 0 Å². The highest BCUT2D eigenvalue weighted by molar-refractivity contribution is 6.05. The fourth-order valence-corrected chi connectivity index (χ4v) is 5.53. The number of hydrogen-bond donors (Lipinski definition) is 2. The van der Waals surface area contributed by atoms with Gasteiger partial charge in [-0.1, -0.05) is 19.9 Å². The Morgan fingerprint density at radius 2 is 2.00 bits per heavy atom. The fourth-order valence-electron chi connectivity index (χ4n) is 5.53. The Balaban J connectivity index is 0.00000204. The first-order valence-electron chi connectivity index (χ1n) is 15.7. The van der Waals surface area contributed by atoms with Gasteiger partial charge >= 0.3 is 6.09 Å². The molecule has 1 saturated heterocycles. The Morgan fingerprint density at radius 3 is 2.78 bits per heavy atom. The summed E-state index contributed by atoms with van der Waals surface area (Å²) in [5, 5.41) is 20.6. The molecule has 1 atom stereocenters. The topological polar surface area (TPSA) is 139 Å². The molecule has 0 bridgehead atoms. The van der Waals surface area contributed by atoms with Gasteiger partial charge in [-0.2, -0.15) is 10.4 Å². The summed E-state index contributed by atoms with van der Waals surface area (Å²) in [4.78, 5) is 27.1. The molecule has 1 aromatic carbocycles. The van der Waals surface area contributed by atoms with Crippen molar-refractivity contribution < 1.29 is 28.5 Å². The van der Waals surface area contributed by atoms with E-state index in [-0.39, 0.29) is 12.4 Å². The molecule has 12 nitrogen and oxygen atoms in total. The van der Waals surface area contributed by atoms with Crippen LogP contribution in [0.1, 0.15) is 61.5 Å². The largest absolute Gasteiger partial charge is 0.478 e. The number of benzene rings is 1. The molecule has 12 heteroatoms. The third-order valence-electron chi connectivity index (χ3n) is 7.93. The molecule has 242 valence electrons. The lowest BCUT2D eigenvalue weighted by Crippen LogP contribution is -2.38. The number of aromatic nitrogens is 2. The average Bonchev–Trinajstić information content (AvgIpc) is 3.44. The summed E-state index contributed by atoms with van der Waals surface area (Å²) in [6, 6.07) is 7.57. The van der Waals surface area contributed by atoms with E-state index in [0.29, 0.717) is 72.1 Å². The Kier molecular flexibility index (Phi) is 10.6. The van der Waals surface area contributed by atoms with Crippen LogP contribution in [0.4, 0.5) is 16.2 Å². The van der Waals surface area contributed by atoms with E-state index in [4.69, 9.17) is 18.9 Å². The van der Waals surface area contributed by atoms with Crippen LogP contribution in [0.5, 0.6) is 11.5 Å². The summed E-state index contributed by atoms with van der Waals surface area (Å²) >= 11 is 0. The molecule has 4 heterocycles. The number of aryl methyl sites for hydroxylation is 1. The van der Waals surface area contributed by atoms with Gasteiger partial charge < -0.3 is 24.3 Å². The number of fused-ring (bicyclic) bond motifs is 2. The second kappa shape index (κ2) is 14.9. The van der Waals surface area contributed by atoms with E-state index < -0.39 is 12.2 Å². The monoisotopic (exact) mass is 628 g/mol. The first kappa shape index (κ1) is 32.5. The molecular weight excluding hydrogens is 588 g/mol. The number of amides is 1. The zero-order chi connectivity index (χ0) is 32.6. The van der Waals surface area contributed by atoms with Gasteiger partial charge in [0.05, 0.1) is 53.6 Å². The predicted molar refractivity (Wildman–Crippen MR) is 173 cm³/mol. The highest BCUT2D eigenvalue weighted by Gasteiger charge is 2.31. The highest BCUT2D eigenvalue weighted by atomic mass is 16.5. The summed E-state index contributed by atoms with van der Waals surface area (Å²) in [6.45, 7) is 11.5. The molecule has 2 N–H and O–H groups in total. The fraction of sp³-hybridized carbons (Fsp3) is 0.412. The second-order valence-corrected chi connectivity index (χ2v) is 10.9. The summed E-state index contributed by atoms with van der Waals surface area (Å²) < 4.78 is 24.4. The van der Waals surface area contributed by atoms with Crippen LogP contribution in [0.15, 0.2) is 54.2 Å². The number of rotatable bonds is 8. The molecule has 3 aromatic rings. The van der Waals surface area contributed by atoms with Gasteiger partial charge in [-0.15, -0.1) is 0 Å². The number of allylic oxidation sites excluding steroid dienone is 4. The first-order valence-corrected chi connectivity index (χ1v) is 15.7. The molecule has 1 amide bonds. The number of carbonyl (C=O) groups is 2. The van der Waals surface area contributed by atoms with E-state index in [9.17, 15) is 14.9 Å².